The van der Waals surface area contributed by atoms with E-state index in [4.69, 9.17) is 11.6 Å². The van der Waals surface area contributed by atoms with Gasteiger partial charge in [-0.15, -0.1) is 0 Å². The van der Waals surface area contributed by atoms with Gasteiger partial charge in [0.1, 0.15) is 11.6 Å². The normalized spacial score (nSPS) is 11.1. The van der Waals surface area contributed by atoms with E-state index in [9.17, 15) is 9.50 Å². The second kappa shape index (κ2) is 5.50. The number of phenols is 1. The van der Waals surface area contributed by atoms with Crippen LogP contribution in [0, 0.1) is 5.82 Å². The van der Waals surface area contributed by atoms with Crippen molar-refractivity contribution >= 4 is 39.4 Å². The molecule has 2 aromatic rings. The van der Waals surface area contributed by atoms with Gasteiger partial charge in [-0.3, -0.25) is 4.99 Å². The van der Waals surface area contributed by atoms with Crippen LogP contribution < -0.4 is 0 Å². The van der Waals surface area contributed by atoms with E-state index >= 15 is 0 Å². The van der Waals surface area contributed by atoms with Crippen LogP contribution in [-0.2, 0) is 0 Å². The summed E-state index contributed by atoms with van der Waals surface area (Å²) in [7, 11) is 0. The van der Waals surface area contributed by atoms with Crippen molar-refractivity contribution in [3.8, 4) is 5.75 Å². The Labute approximate surface area is 117 Å². The fourth-order valence-electron chi connectivity index (χ4n) is 1.36. The molecule has 0 saturated heterocycles. The molecule has 0 spiro atoms. The molecule has 0 aliphatic heterocycles. The van der Waals surface area contributed by atoms with Gasteiger partial charge >= 0.3 is 0 Å². The quantitative estimate of drug-likeness (QED) is 0.796. The smallest absolute Gasteiger partial charge is 0.138 e. The highest BCUT2D eigenvalue weighted by Gasteiger charge is 2.05. The molecule has 0 aromatic heterocycles. The van der Waals surface area contributed by atoms with Crippen molar-refractivity contribution in [2.45, 2.75) is 0 Å². The molecule has 1 N–H and O–H groups in total. The van der Waals surface area contributed by atoms with Crippen LogP contribution >= 0.6 is 27.5 Å². The predicted molar refractivity (Wildman–Crippen MR) is 74.5 cm³/mol. The van der Waals surface area contributed by atoms with E-state index in [0.717, 1.165) is 0 Å². The zero-order valence-electron chi connectivity index (χ0n) is 9.07. The summed E-state index contributed by atoms with van der Waals surface area (Å²) < 4.78 is 13.2. The lowest BCUT2D eigenvalue weighted by molar-refractivity contribution is 0.471. The first-order valence-corrected chi connectivity index (χ1v) is 6.21. The van der Waals surface area contributed by atoms with Gasteiger partial charge in [0.25, 0.3) is 0 Å². The molecule has 0 fully saturated rings. The van der Waals surface area contributed by atoms with E-state index in [2.05, 4.69) is 20.9 Å². The molecule has 0 atom stereocenters. The van der Waals surface area contributed by atoms with Gasteiger partial charge in [0.05, 0.1) is 10.2 Å². The van der Waals surface area contributed by atoms with Gasteiger partial charge in [-0.1, -0.05) is 11.6 Å². The number of hydrogen-bond acceptors (Lipinski definition) is 2. The van der Waals surface area contributed by atoms with Crippen molar-refractivity contribution in [1.82, 2.24) is 0 Å². The number of hydrogen-bond donors (Lipinski definition) is 1. The molecule has 0 aliphatic rings. The maximum absolute atomic E-state index is 12.7. The standard InChI is InChI=1S/C13H8BrClFNO/c14-12-6-9(15)5-8(13(12)18)7-17-11-3-1-10(16)2-4-11/h1-7,18H/b17-7+. The molecule has 92 valence electrons. The third kappa shape index (κ3) is 3.09. The van der Waals surface area contributed by atoms with Gasteiger partial charge < -0.3 is 5.11 Å². The number of phenolic OH excluding ortho intramolecular Hbond substituents is 1. The number of benzene rings is 2. The Morgan fingerprint density at radius 2 is 1.89 bits per heavy atom. The summed E-state index contributed by atoms with van der Waals surface area (Å²) in [4.78, 5) is 4.13. The van der Waals surface area contributed by atoms with Crippen LogP contribution in [0.2, 0.25) is 5.02 Å². The molecule has 0 aliphatic carbocycles. The fourth-order valence-corrected chi connectivity index (χ4v) is 2.19. The van der Waals surface area contributed by atoms with Crippen LogP contribution in [0.3, 0.4) is 0 Å². The number of rotatable bonds is 2. The Balaban J connectivity index is 2.31. The highest BCUT2D eigenvalue weighted by atomic mass is 79.9. The van der Waals surface area contributed by atoms with Crippen molar-refractivity contribution in [2.24, 2.45) is 4.99 Å². The summed E-state index contributed by atoms with van der Waals surface area (Å²) in [5.41, 5.74) is 1.07. The molecule has 18 heavy (non-hydrogen) atoms. The summed E-state index contributed by atoms with van der Waals surface area (Å²) >= 11 is 9.06. The van der Waals surface area contributed by atoms with Gasteiger partial charge in [0.2, 0.25) is 0 Å². The summed E-state index contributed by atoms with van der Waals surface area (Å²) in [5.74, 6) is -0.257. The largest absolute Gasteiger partial charge is 0.506 e. The van der Waals surface area contributed by atoms with E-state index < -0.39 is 0 Å². The van der Waals surface area contributed by atoms with Gasteiger partial charge in [-0.25, -0.2) is 4.39 Å². The minimum atomic E-state index is -0.317. The van der Waals surface area contributed by atoms with E-state index in [-0.39, 0.29) is 11.6 Å². The van der Waals surface area contributed by atoms with Crippen molar-refractivity contribution < 1.29 is 9.50 Å². The number of aliphatic imine (C=N–C) groups is 1. The van der Waals surface area contributed by atoms with Crippen LogP contribution in [0.5, 0.6) is 5.75 Å². The van der Waals surface area contributed by atoms with E-state index in [1.165, 1.54) is 18.3 Å². The zero-order valence-corrected chi connectivity index (χ0v) is 11.4. The molecule has 0 saturated carbocycles. The van der Waals surface area contributed by atoms with Crippen molar-refractivity contribution in [3.63, 3.8) is 0 Å². The molecule has 0 radical (unpaired) electrons. The first-order valence-electron chi connectivity index (χ1n) is 5.04. The molecule has 0 unspecified atom stereocenters. The average molecular weight is 329 g/mol. The van der Waals surface area contributed by atoms with Crippen LogP contribution in [0.15, 0.2) is 45.9 Å². The summed E-state index contributed by atoms with van der Waals surface area (Å²) in [6.45, 7) is 0. The Hall–Kier alpha value is -1.39. The van der Waals surface area contributed by atoms with Crippen LogP contribution in [0.4, 0.5) is 10.1 Å². The Morgan fingerprint density at radius 3 is 2.56 bits per heavy atom. The second-order valence-corrected chi connectivity index (χ2v) is 4.85. The lowest BCUT2D eigenvalue weighted by Gasteiger charge is -2.02. The van der Waals surface area contributed by atoms with Gasteiger partial charge in [0.15, 0.2) is 0 Å². The second-order valence-electron chi connectivity index (χ2n) is 3.56. The Kier molecular flexibility index (Phi) is 3.99. The lowest BCUT2D eigenvalue weighted by atomic mass is 10.2. The third-order valence-corrected chi connectivity index (χ3v) is 3.06. The van der Waals surface area contributed by atoms with Crippen molar-refractivity contribution in [3.05, 3.63) is 57.3 Å². The molecular formula is C13H8BrClFNO. The Bertz CT molecular complexity index is 599. The maximum atomic E-state index is 12.7. The number of nitrogens with zero attached hydrogens (tertiary/aromatic N) is 1. The molecule has 2 aromatic carbocycles. The highest BCUT2D eigenvalue weighted by Crippen LogP contribution is 2.30. The van der Waals surface area contributed by atoms with Crippen LogP contribution in [-0.4, -0.2) is 11.3 Å². The molecule has 2 nitrogen and oxygen atoms in total. The van der Waals surface area contributed by atoms with Crippen molar-refractivity contribution in [2.75, 3.05) is 0 Å². The van der Waals surface area contributed by atoms with E-state index in [1.807, 2.05) is 0 Å². The third-order valence-electron chi connectivity index (χ3n) is 2.24. The molecule has 0 bridgehead atoms. The minimum Gasteiger partial charge on any atom is -0.506 e. The number of halogens is 3. The number of aromatic hydroxyl groups is 1. The maximum Gasteiger partial charge on any atom is 0.138 e. The SMILES string of the molecule is Oc1c(Br)cc(Cl)cc1/C=N/c1ccc(F)cc1. The zero-order chi connectivity index (χ0) is 13.1. The highest BCUT2D eigenvalue weighted by molar-refractivity contribution is 9.10. The fraction of sp³-hybridized carbons (Fsp3) is 0. The minimum absolute atomic E-state index is 0.0604. The Morgan fingerprint density at radius 1 is 1.22 bits per heavy atom. The molecule has 0 amide bonds. The summed E-state index contributed by atoms with van der Waals surface area (Å²) in [6, 6.07) is 8.91. The summed E-state index contributed by atoms with van der Waals surface area (Å²) in [5, 5.41) is 10.3. The first kappa shape index (κ1) is 13.1. The monoisotopic (exact) mass is 327 g/mol. The van der Waals surface area contributed by atoms with Crippen LogP contribution in [0.25, 0.3) is 0 Å². The van der Waals surface area contributed by atoms with Gasteiger partial charge in [-0.05, 0) is 52.3 Å². The lowest BCUT2D eigenvalue weighted by Crippen LogP contribution is -1.84. The first-order chi connectivity index (χ1) is 8.56. The van der Waals surface area contributed by atoms with Crippen molar-refractivity contribution in [1.29, 1.82) is 0 Å². The molecular weight excluding hydrogens is 321 g/mol. The van der Waals surface area contributed by atoms with Gasteiger partial charge in [-0.2, -0.15) is 0 Å². The molecule has 2 rings (SSSR count). The topological polar surface area (TPSA) is 32.6 Å². The van der Waals surface area contributed by atoms with Gasteiger partial charge in [0, 0.05) is 16.8 Å². The van der Waals surface area contributed by atoms with E-state index in [0.29, 0.717) is 20.7 Å². The van der Waals surface area contributed by atoms with E-state index in [1.54, 1.807) is 24.3 Å². The summed E-state index contributed by atoms with van der Waals surface area (Å²) in [6.07, 6.45) is 1.47. The van der Waals surface area contributed by atoms with Crippen LogP contribution in [0.1, 0.15) is 5.56 Å². The average Bonchev–Trinajstić information content (AvgIpc) is 2.34. The molecule has 5 heteroatoms. The predicted octanol–water partition coefficient (Wildman–Crippen LogP) is 4.70. The molecule has 0 heterocycles.